The highest BCUT2D eigenvalue weighted by Crippen LogP contribution is 2.17. The van der Waals surface area contributed by atoms with Crippen LogP contribution in [0.3, 0.4) is 0 Å². The molecule has 0 aliphatic carbocycles. The fourth-order valence-corrected chi connectivity index (χ4v) is 4.60. The molecule has 2 rings (SSSR count). The Morgan fingerprint density at radius 3 is 2.07 bits per heavy atom. The van der Waals surface area contributed by atoms with Crippen molar-refractivity contribution in [1.82, 2.24) is 14.3 Å². The van der Waals surface area contributed by atoms with E-state index < -0.39 is 32.5 Å². The number of amides is 1. The second-order valence-corrected chi connectivity index (χ2v) is 10.5. The minimum atomic E-state index is -3.84. The molecule has 2 aromatic carbocycles. The van der Waals surface area contributed by atoms with E-state index in [-0.39, 0.29) is 22.9 Å². The van der Waals surface area contributed by atoms with E-state index in [1.807, 2.05) is 6.92 Å². The molecule has 0 atom stereocenters. The van der Waals surface area contributed by atoms with E-state index in [1.165, 1.54) is 43.4 Å². The molecular weight excluding hydrogens is 438 g/mol. The Hall–Kier alpha value is -1.98. The van der Waals surface area contributed by atoms with Crippen molar-refractivity contribution in [1.29, 1.82) is 0 Å². The fourth-order valence-electron chi connectivity index (χ4n) is 2.32. The van der Waals surface area contributed by atoms with Crippen LogP contribution in [0.15, 0.2) is 58.3 Å². The average molecular weight is 460 g/mol. The first kappa shape index (κ1) is 23.3. The Morgan fingerprint density at radius 1 is 0.931 bits per heavy atom. The SMILES string of the molecule is Cc1ccc(S(=O)(=O)NCCNC(=O)CN(C)S(=O)(=O)c2ccc(Cl)cc2)cc1. The molecule has 29 heavy (non-hydrogen) atoms. The highest BCUT2D eigenvalue weighted by atomic mass is 35.5. The van der Waals surface area contributed by atoms with E-state index in [1.54, 1.807) is 12.1 Å². The third kappa shape index (κ3) is 6.51. The fraction of sp³-hybridized carbons (Fsp3) is 0.278. The number of rotatable bonds is 9. The molecule has 0 heterocycles. The van der Waals surface area contributed by atoms with E-state index in [0.29, 0.717) is 5.02 Å². The minimum absolute atomic E-state index is 0.0127. The number of hydrogen-bond acceptors (Lipinski definition) is 5. The predicted octanol–water partition coefficient (Wildman–Crippen LogP) is 1.36. The van der Waals surface area contributed by atoms with Crippen molar-refractivity contribution in [3.8, 4) is 0 Å². The van der Waals surface area contributed by atoms with Gasteiger partial charge in [-0.15, -0.1) is 0 Å². The van der Waals surface area contributed by atoms with Gasteiger partial charge in [0.05, 0.1) is 16.3 Å². The van der Waals surface area contributed by atoms with Crippen LogP contribution in [0.5, 0.6) is 0 Å². The molecule has 158 valence electrons. The zero-order valence-corrected chi connectivity index (χ0v) is 18.3. The van der Waals surface area contributed by atoms with Gasteiger partial charge in [-0.3, -0.25) is 4.79 Å². The minimum Gasteiger partial charge on any atom is -0.354 e. The summed E-state index contributed by atoms with van der Waals surface area (Å²) in [5, 5.41) is 2.89. The lowest BCUT2D eigenvalue weighted by Crippen LogP contribution is -2.41. The Labute approximate surface area is 176 Å². The summed E-state index contributed by atoms with van der Waals surface area (Å²) in [5.41, 5.74) is 0.939. The summed E-state index contributed by atoms with van der Waals surface area (Å²) in [7, 11) is -6.24. The summed E-state index contributed by atoms with van der Waals surface area (Å²) >= 11 is 5.75. The maximum atomic E-state index is 12.4. The van der Waals surface area contributed by atoms with Crippen LogP contribution in [-0.2, 0) is 24.8 Å². The van der Waals surface area contributed by atoms with E-state index in [0.717, 1.165) is 9.87 Å². The van der Waals surface area contributed by atoms with Gasteiger partial charge >= 0.3 is 0 Å². The zero-order valence-electron chi connectivity index (χ0n) is 15.9. The Morgan fingerprint density at radius 2 is 1.48 bits per heavy atom. The van der Waals surface area contributed by atoms with Crippen molar-refractivity contribution in [2.75, 3.05) is 26.7 Å². The van der Waals surface area contributed by atoms with Gasteiger partial charge in [-0.25, -0.2) is 21.6 Å². The largest absolute Gasteiger partial charge is 0.354 e. The van der Waals surface area contributed by atoms with Gasteiger partial charge in [0.25, 0.3) is 0 Å². The van der Waals surface area contributed by atoms with Gasteiger partial charge in [0, 0.05) is 25.2 Å². The second kappa shape index (κ2) is 9.68. The summed E-state index contributed by atoms with van der Waals surface area (Å²) in [6, 6.07) is 12.0. The summed E-state index contributed by atoms with van der Waals surface area (Å²) < 4.78 is 52.5. The molecule has 0 aliphatic rings. The molecule has 0 bridgehead atoms. The molecule has 2 aromatic rings. The maximum Gasteiger partial charge on any atom is 0.243 e. The van der Waals surface area contributed by atoms with E-state index in [4.69, 9.17) is 11.6 Å². The number of likely N-dealkylation sites (N-methyl/N-ethyl adjacent to an activating group) is 1. The molecule has 2 N–H and O–H groups in total. The molecule has 0 spiro atoms. The molecule has 8 nitrogen and oxygen atoms in total. The van der Waals surface area contributed by atoms with Crippen molar-refractivity contribution >= 4 is 37.6 Å². The summed E-state index contributed by atoms with van der Waals surface area (Å²) in [4.78, 5) is 12.1. The smallest absolute Gasteiger partial charge is 0.243 e. The topological polar surface area (TPSA) is 113 Å². The summed E-state index contributed by atoms with van der Waals surface area (Å²) in [5.74, 6) is -0.556. The normalized spacial score (nSPS) is 12.1. The van der Waals surface area contributed by atoms with Gasteiger partial charge in [0.1, 0.15) is 0 Å². The molecule has 11 heteroatoms. The standard InChI is InChI=1S/C18H22ClN3O5S2/c1-14-3-7-16(8-4-14)28(24,25)21-12-11-20-18(23)13-22(2)29(26,27)17-9-5-15(19)6-10-17/h3-10,21H,11-13H2,1-2H3,(H,20,23). The second-order valence-electron chi connectivity index (χ2n) is 6.28. The molecule has 0 aromatic heterocycles. The van der Waals surface area contributed by atoms with E-state index in [2.05, 4.69) is 10.0 Å². The molecule has 1 amide bonds. The number of halogens is 1. The number of aryl methyl sites for hydroxylation is 1. The first-order valence-corrected chi connectivity index (χ1v) is 11.9. The van der Waals surface area contributed by atoms with Crippen LogP contribution in [0.2, 0.25) is 5.02 Å². The molecule has 0 unspecified atom stereocenters. The van der Waals surface area contributed by atoms with Crippen molar-refractivity contribution in [3.63, 3.8) is 0 Å². The Bertz CT molecular complexity index is 1050. The zero-order chi connectivity index (χ0) is 21.7. The molecule has 0 saturated carbocycles. The van der Waals surface area contributed by atoms with Crippen molar-refractivity contribution in [2.24, 2.45) is 0 Å². The van der Waals surface area contributed by atoms with Crippen molar-refractivity contribution in [3.05, 3.63) is 59.1 Å². The van der Waals surface area contributed by atoms with Gasteiger partial charge in [0.15, 0.2) is 0 Å². The number of sulfonamides is 2. The lowest BCUT2D eigenvalue weighted by Gasteiger charge is -2.17. The van der Waals surface area contributed by atoms with Crippen LogP contribution in [0, 0.1) is 6.92 Å². The number of nitrogens with one attached hydrogen (secondary N) is 2. The quantitative estimate of drug-likeness (QED) is 0.550. The number of nitrogens with zero attached hydrogens (tertiary/aromatic N) is 1. The molecule has 0 aliphatic heterocycles. The third-order valence-corrected chi connectivity index (χ3v) is 7.51. The molecule has 0 fully saturated rings. The van der Waals surface area contributed by atoms with Gasteiger partial charge in [-0.05, 0) is 43.3 Å². The average Bonchev–Trinajstić information content (AvgIpc) is 2.66. The van der Waals surface area contributed by atoms with E-state index >= 15 is 0 Å². The maximum absolute atomic E-state index is 12.4. The predicted molar refractivity (Wildman–Crippen MR) is 111 cm³/mol. The Balaban J connectivity index is 1.83. The summed E-state index contributed by atoms with van der Waals surface area (Å²) in [6.45, 7) is 1.42. The van der Waals surface area contributed by atoms with E-state index in [9.17, 15) is 21.6 Å². The molecule has 0 radical (unpaired) electrons. The number of carbonyl (C=O) groups is 1. The van der Waals surface area contributed by atoms with Crippen LogP contribution in [-0.4, -0.2) is 53.7 Å². The van der Waals surface area contributed by atoms with Crippen molar-refractivity contribution < 1.29 is 21.6 Å². The van der Waals surface area contributed by atoms with Crippen molar-refractivity contribution in [2.45, 2.75) is 16.7 Å². The monoisotopic (exact) mass is 459 g/mol. The number of benzene rings is 2. The van der Waals surface area contributed by atoms with Crippen LogP contribution in [0.1, 0.15) is 5.56 Å². The van der Waals surface area contributed by atoms with Gasteiger partial charge in [0.2, 0.25) is 26.0 Å². The lowest BCUT2D eigenvalue weighted by atomic mass is 10.2. The third-order valence-electron chi connectivity index (χ3n) is 3.96. The molecular formula is C18H22ClN3O5S2. The van der Waals surface area contributed by atoms with Crippen LogP contribution in [0.25, 0.3) is 0 Å². The first-order valence-electron chi connectivity index (χ1n) is 8.57. The first-order chi connectivity index (χ1) is 13.5. The van der Waals surface area contributed by atoms with Gasteiger partial charge in [-0.1, -0.05) is 29.3 Å². The Kier molecular flexibility index (Phi) is 7.78. The van der Waals surface area contributed by atoms with Crippen LogP contribution < -0.4 is 10.0 Å². The highest BCUT2D eigenvalue weighted by molar-refractivity contribution is 7.89. The molecule has 0 saturated heterocycles. The van der Waals surface area contributed by atoms with Gasteiger partial charge in [-0.2, -0.15) is 4.31 Å². The number of carbonyl (C=O) groups excluding carboxylic acids is 1. The number of hydrogen-bond donors (Lipinski definition) is 2. The lowest BCUT2D eigenvalue weighted by molar-refractivity contribution is -0.121. The van der Waals surface area contributed by atoms with Crippen LogP contribution >= 0.6 is 11.6 Å². The highest BCUT2D eigenvalue weighted by Gasteiger charge is 2.22. The van der Waals surface area contributed by atoms with Crippen LogP contribution in [0.4, 0.5) is 0 Å². The summed E-state index contributed by atoms with van der Waals surface area (Å²) in [6.07, 6.45) is 0. The van der Waals surface area contributed by atoms with Gasteiger partial charge < -0.3 is 5.32 Å².